The fraction of sp³-hybridized carbons (Fsp3) is 0.562. The molecular formula is C16H23NO2. The summed E-state index contributed by atoms with van der Waals surface area (Å²) in [7, 11) is 1.44. The molecule has 1 aliphatic rings. The van der Waals surface area contributed by atoms with Gasteiger partial charge in [0, 0.05) is 6.04 Å². The predicted octanol–water partition coefficient (Wildman–Crippen LogP) is 3.17. The molecule has 0 bridgehead atoms. The van der Waals surface area contributed by atoms with Gasteiger partial charge in [-0.3, -0.25) is 5.32 Å². The Morgan fingerprint density at radius 1 is 1.47 bits per heavy atom. The Kier molecular flexibility index (Phi) is 4.59. The van der Waals surface area contributed by atoms with E-state index in [4.69, 9.17) is 4.74 Å². The molecule has 0 radical (unpaired) electrons. The van der Waals surface area contributed by atoms with Crippen LogP contribution in [0.1, 0.15) is 56.2 Å². The Labute approximate surface area is 115 Å². The number of rotatable bonds is 6. The number of nitrogens with one attached hydrogen (secondary N) is 1. The summed E-state index contributed by atoms with van der Waals surface area (Å²) in [6, 6.07) is 8.26. The van der Waals surface area contributed by atoms with E-state index in [2.05, 4.69) is 31.3 Å². The number of esters is 1. The summed E-state index contributed by atoms with van der Waals surface area (Å²) in [4.78, 5) is 12.0. The summed E-state index contributed by atoms with van der Waals surface area (Å²) in [5, 5.41) is 3.35. The van der Waals surface area contributed by atoms with Crippen LogP contribution in [0.2, 0.25) is 0 Å². The number of hydrogen-bond donors (Lipinski definition) is 1. The van der Waals surface area contributed by atoms with Gasteiger partial charge in [-0.05, 0) is 43.2 Å². The van der Waals surface area contributed by atoms with E-state index in [-0.39, 0.29) is 18.1 Å². The molecule has 3 nitrogen and oxygen atoms in total. The summed E-state index contributed by atoms with van der Waals surface area (Å²) in [6.07, 6.45) is 3.52. The van der Waals surface area contributed by atoms with Gasteiger partial charge in [0.1, 0.15) is 6.04 Å². The number of benzene rings is 1. The number of methoxy groups -OCH3 is 1. The first-order valence-corrected chi connectivity index (χ1v) is 7.09. The SMILES string of the molecule is CCC(C)NC(C(=O)OC)c1cccc(C2CC2)c1. The molecule has 0 saturated heterocycles. The monoisotopic (exact) mass is 261 g/mol. The maximum atomic E-state index is 12.0. The normalized spacial score (nSPS) is 17.8. The Hall–Kier alpha value is -1.35. The molecule has 0 amide bonds. The van der Waals surface area contributed by atoms with Crippen molar-refractivity contribution in [1.29, 1.82) is 0 Å². The first-order valence-electron chi connectivity index (χ1n) is 7.09. The molecule has 1 N–H and O–H groups in total. The molecule has 1 fully saturated rings. The molecule has 3 heteroatoms. The van der Waals surface area contributed by atoms with Crippen molar-refractivity contribution >= 4 is 5.97 Å². The molecular weight excluding hydrogens is 238 g/mol. The van der Waals surface area contributed by atoms with Crippen LogP contribution in [0.4, 0.5) is 0 Å². The lowest BCUT2D eigenvalue weighted by atomic mass is 10.0. The van der Waals surface area contributed by atoms with Gasteiger partial charge < -0.3 is 4.74 Å². The van der Waals surface area contributed by atoms with Gasteiger partial charge in [-0.25, -0.2) is 4.79 Å². The van der Waals surface area contributed by atoms with Crippen molar-refractivity contribution in [3.63, 3.8) is 0 Å². The second-order valence-corrected chi connectivity index (χ2v) is 5.38. The van der Waals surface area contributed by atoms with Gasteiger partial charge in [0.25, 0.3) is 0 Å². The number of ether oxygens (including phenoxy) is 1. The van der Waals surface area contributed by atoms with E-state index in [1.165, 1.54) is 25.5 Å². The van der Waals surface area contributed by atoms with Gasteiger partial charge in [0.2, 0.25) is 0 Å². The van der Waals surface area contributed by atoms with Crippen LogP contribution in [0.5, 0.6) is 0 Å². The Morgan fingerprint density at radius 2 is 2.21 bits per heavy atom. The second kappa shape index (κ2) is 6.20. The van der Waals surface area contributed by atoms with Gasteiger partial charge >= 0.3 is 5.97 Å². The summed E-state index contributed by atoms with van der Waals surface area (Å²) in [5.41, 5.74) is 2.36. The van der Waals surface area contributed by atoms with Crippen molar-refractivity contribution in [2.75, 3.05) is 7.11 Å². The molecule has 104 valence electrons. The molecule has 0 heterocycles. The molecule has 19 heavy (non-hydrogen) atoms. The summed E-state index contributed by atoms with van der Waals surface area (Å²) >= 11 is 0. The summed E-state index contributed by atoms with van der Waals surface area (Å²) in [6.45, 7) is 4.19. The van der Waals surface area contributed by atoms with Gasteiger partial charge in [0.05, 0.1) is 7.11 Å². The van der Waals surface area contributed by atoms with Crippen LogP contribution in [0, 0.1) is 0 Å². The lowest BCUT2D eigenvalue weighted by molar-refractivity contribution is -0.143. The third-order valence-corrected chi connectivity index (χ3v) is 3.79. The van der Waals surface area contributed by atoms with Crippen LogP contribution in [-0.4, -0.2) is 19.1 Å². The Morgan fingerprint density at radius 3 is 2.79 bits per heavy atom. The quantitative estimate of drug-likeness (QED) is 0.799. The van der Waals surface area contributed by atoms with Gasteiger partial charge in [-0.15, -0.1) is 0 Å². The van der Waals surface area contributed by atoms with Gasteiger partial charge in [-0.1, -0.05) is 31.2 Å². The predicted molar refractivity (Wildman–Crippen MR) is 76.1 cm³/mol. The lowest BCUT2D eigenvalue weighted by Gasteiger charge is -2.21. The molecule has 1 aromatic rings. The largest absolute Gasteiger partial charge is 0.468 e. The highest BCUT2D eigenvalue weighted by Gasteiger charge is 2.27. The van der Waals surface area contributed by atoms with Crippen molar-refractivity contribution in [2.45, 2.75) is 51.1 Å². The van der Waals surface area contributed by atoms with Crippen LogP contribution in [-0.2, 0) is 9.53 Å². The molecule has 2 rings (SSSR count). The summed E-state index contributed by atoms with van der Waals surface area (Å²) in [5.74, 6) is 0.482. The fourth-order valence-corrected chi connectivity index (χ4v) is 2.23. The highest BCUT2D eigenvalue weighted by atomic mass is 16.5. The third-order valence-electron chi connectivity index (χ3n) is 3.79. The zero-order chi connectivity index (χ0) is 13.8. The minimum Gasteiger partial charge on any atom is -0.468 e. The standard InChI is InChI=1S/C16H23NO2/c1-4-11(2)17-15(16(18)19-3)14-7-5-6-13(10-14)12-8-9-12/h5-7,10-12,15,17H,4,8-9H2,1-3H3. The third kappa shape index (κ3) is 3.57. The maximum Gasteiger partial charge on any atom is 0.327 e. The molecule has 2 unspecified atom stereocenters. The lowest BCUT2D eigenvalue weighted by Crippen LogP contribution is -2.35. The van der Waals surface area contributed by atoms with Crippen molar-refractivity contribution < 1.29 is 9.53 Å². The van der Waals surface area contributed by atoms with Crippen LogP contribution >= 0.6 is 0 Å². The minimum atomic E-state index is -0.362. The fourth-order valence-electron chi connectivity index (χ4n) is 2.23. The van der Waals surface area contributed by atoms with E-state index in [1.54, 1.807) is 0 Å². The van der Waals surface area contributed by atoms with Crippen molar-refractivity contribution in [3.05, 3.63) is 35.4 Å². The molecule has 0 aliphatic heterocycles. The maximum absolute atomic E-state index is 12.0. The molecule has 1 saturated carbocycles. The van der Waals surface area contributed by atoms with Crippen molar-refractivity contribution in [1.82, 2.24) is 5.32 Å². The van der Waals surface area contributed by atoms with Crippen LogP contribution < -0.4 is 5.32 Å². The van der Waals surface area contributed by atoms with E-state index < -0.39 is 0 Å². The van der Waals surface area contributed by atoms with Crippen molar-refractivity contribution in [3.8, 4) is 0 Å². The van der Waals surface area contributed by atoms with Crippen LogP contribution in [0.25, 0.3) is 0 Å². The van der Waals surface area contributed by atoms with Crippen LogP contribution in [0.15, 0.2) is 24.3 Å². The number of carbonyl (C=O) groups excluding carboxylic acids is 1. The zero-order valence-electron chi connectivity index (χ0n) is 12.0. The zero-order valence-corrected chi connectivity index (χ0v) is 12.0. The van der Waals surface area contributed by atoms with E-state index >= 15 is 0 Å². The minimum absolute atomic E-state index is 0.215. The molecule has 2 atom stereocenters. The average Bonchev–Trinajstić information content (AvgIpc) is 3.28. The second-order valence-electron chi connectivity index (χ2n) is 5.38. The molecule has 0 spiro atoms. The number of hydrogen-bond acceptors (Lipinski definition) is 3. The topological polar surface area (TPSA) is 38.3 Å². The van der Waals surface area contributed by atoms with Crippen LogP contribution in [0.3, 0.4) is 0 Å². The van der Waals surface area contributed by atoms with E-state index in [0.29, 0.717) is 5.92 Å². The molecule has 0 aromatic heterocycles. The van der Waals surface area contributed by atoms with E-state index in [9.17, 15) is 4.79 Å². The summed E-state index contributed by atoms with van der Waals surface area (Å²) < 4.78 is 4.93. The first-order chi connectivity index (χ1) is 9.15. The van der Waals surface area contributed by atoms with Gasteiger partial charge in [-0.2, -0.15) is 0 Å². The molecule has 1 aliphatic carbocycles. The molecule has 1 aromatic carbocycles. The van der Waals surface area contributed by atoms with Gasteiger partial charge in [0.15, 0.2) is 0 Å². The average molecular weight is 261 g/mol. The first kappa shape index (κ1) is 14.1. The van der Waals surface area contributed by atoms with Crippen molar-refractivity contribution in [2.24, 2.45) is 0 Å². The Bertz CT molecular complexity index is 440. The highest BCUT2D eigenvalue weighted by Crippen LogP contribution is 2.40. The smallest absolute Gasteiger partial charge is 0.327 e. The van der Waals surface area contributed by atoms with E-state index in [1.807, 2.05) is 12.1 Å². The highest BCUT2D eigenvalue weighted by molar-refractivity contribution is 5.77. The van der Waals surface area contributed by atoms with E-state index in [0.717, 1.165) is 12.0 Å². The Balaban J connectivity index is 2.20. The number of carbonyl (C=O) groups is 1.